The van der Waals surface area contributed by atoms with Crippen LogP contribution in [-0.2, 0) is 9.53 Å². The fraction of sp³-hybridized carbons (Fsp3) is 0.222. The number of aromatic carboxylic acids is 1. The molecule has 1 aliphatic rings. The van der Waals surface area contributed by atoms with Gasteiger partial charge in [0.25, 0.3) is 0 Å². The van der Waals surface area contributed by atoms with Crippen LogP contribution in [-0.4, -0.2) is 35.7 Å². The Morgan fingerprint density at radius 2 is 1.63 bits per heavy atom. The molecule has 7 nitrogen and oxygen atoms in total. The summed E-state index contributed by atoms with van der Waals surface area (Å²) in [6, 6.07) is 19.9. The van der Waals surface area contributed by atoms with Gasteiger partial charge in [0, 0.05) is 15.2 Å². The maximum Gasteiger partial charge on any atom is 0.407 e. The number of anilines is 1. The predicted molar refractivity (Wildman–Crippen MR) is 142 cm³/mol. The topological polar surface area (TPSA) is 105 Å². The monoisotopic (exact) mass is 584 g/mol. The number of benzene rings is 3. The van der Waals surface area contributed by atoms with E-state index in [1.807, 2.05) is 65.9 Å². The van der Waals surface area contributed by atoms with Crippen molar-refractivity contribution < 1.29 is 24.2 Å². The minimum atomic E-state index is -1.08. The molecule has 4 rings (SSSR count). The molecule has 35 heavy (non-hydrogen) atoms. The fourth-order valence-corrected chi connectivity index (χ4v) is 5.03. The molecule has 0 fully saturated rings. The van der Waals surface area contributed by atoms with Gasteiger partial charge in [-0.1, -0.05) is 61.9 Å². The first-order valence-electron chi connectivity index (χ1n) is 11.3. The highest BCUT2D eigenvalue weighted by Crippen LogP contribution is 2.44. The zero-order valence-corrected chi connectivity index (χ0v) is 21.2. The summed E-state index contributed by atoms with van der Waals surface area (Å²) < 4.78 is 6.25. The summed E-state index contributed by atoms with van der Waals surface area (Å²) in [5, 5.41) is 14.6. The number of fused-ring (bicyclic) bond motifs is 3. The van der Waals surface area contributed by atoms with Crippen molar-refractivity contribution in [3.63, 3.8) is 0 Å². The van der Waals surface area contributed by atoms with Crippen molar-refractivity contribution in [2.75, 3.05) is 11.9 Å². The Kier molecular flexibility index (Phi) is 7.70. The predicted octanol–water partition coefficient (Wildman–Crippen LogP) is 5.64. The zero-order valence-electron chi connectivity index (χ0n) is 19.1. The number of carboxylic acids is 1. The maximum absolute atomic E-state index is 12.9. The van der Waals surface area contributed by atoms with Crippen molar-refractivity contribution in [1.29, 1.82) is 0 Å². The summed E-state index contributed by atoms with van der Waals surface area (Å²) in [5.74, 6) is -1.59. The second-order valence-electron chi connectivity index (χ2n) is 8.33. The van der Waals surface area contributed by atoms with Gasteiger partial charge in [-0.3, -0.25) is 4.79 Å². The number of hydrogen-bond acceptors (Lipinski definition) is 4. The molecular weight excluding hydrogens is 559 g/mol. The lowest BCUT2D eigenvalue weighted by molar-refractivity contribution is -0.118. The van der Waals surface area contributed by atoms with E-state index in [0.717, 1.165) is 22.3 Å². The van der Waals surface area contributed by atoms with Crippen molar-refractivity contribution in [2.24, 2.45) is 0 Å². The Bertz CT molecular complexity index is 1230. The van der Waals surface area contributed by atoms with E-state index >= 15 is 0 Å². The van der Waals surface area contributed by atoms with Crippen molar-refractivity contribution in [1.82, 2.24) is 5.32 Å². The van der Waals surface area contributed by atoms with Gasteiger partial charge >= 0.3 is 12.1 Å². The molecule has 0 saturated heterocycles. The van der Waals surface area contributed by atoms with E-state index in [0.29, 0.717) is 22.1 Å². The van der Waals surface area contributed by atoms with E-state index in [9.17, 15) is 19.5 Å². The summed E-state index contributed by atoms with van der Waals surface area (Å²) in [6.07, 6.45) is 0.398. The highest BCUT2D eigenvalue weighted by Gasteiger charge is 2.29. The fourth-order valence-electron chi connectivity index (χ4n) is 4.35. The van der Waals surface area contributed by atoms with Gasteiger partial charge in [0.2, 0.25) is 5.91 Å². The van der Waals surface area contributed by atoms with E-state index < -0.39 is 24.0 Å². The molecule has 0 heterocycles. The van der Waals surface area contributed by atoms with Gasteiger partial charge in [-0.05, 0) is 69.5 Å². The van der Waals surface area contributed by atoms with Gasteiger partial charge in [-0.15, -0.1) is 0 Å². The van der Waals surface area contributed by atoms with Gasteiger partial charge in [-0.25, -0.2) is 9.59 Å². The molecule has 0 unspecified atom stereocenters. The molecule has 0 spiro atoms. The van der Waals surface area contributed by atoms with Crippen LogP contribution in [0.2, 0.25) is 0 Å². The second-order valence-corrected chi connectivity index (χ2v) is 9.58. The van der Waals surface area contributed by atoms with E-state index in [-0.39, 0.29) is 18.1 Å². The lowest BCUT2D eigenvalue weighted by atomic mass is 9.98. The Hall–Kier alpha value is -3.40. The van der Waals surface area contributed by atoms with Crippen molar-refractivity contribution in [3.8, 4) is 11.1 Å². The standard InChI is InChI=1S/C27H25IN2O5/c1-2-7-24(25(31)29-18-13-16(26(32)33)12-17(28)14-18)30-27(34)35-15-23-21-10-5-3-8-19(21)20-9-4-6-11-22(20)23/h3-6,8-14,23-24H,2,7,15H2,1H3,(H,29,31)(H,30,34)(H,32,33)/t24-/m1/s1. The third-order valence-electron chi connectivity index (χ3n) is 5.94. The highest BCUT2D eigenvalue weighted by molar-refractivity contribution is 14.1. The van der Waals surface area contributed by atoms with Gasteiger partial charge in [0.15, 0.2) is 0 Å². The minimum Gasteiger partial charge on any atom is -0.478 e. The van der Waals surface area contributed by atoms with Crippen molar-refractivity contribution in [2.45, 2.75) is 31.7 Å². The number of carbonyl (C=O) groups excluding carboxylic acids is 2. The van der Waals surface area contributed by atoms with Crippen molar-refractivity contribution in [3.05, 3.63) is 87.0 Å². The van der Waals surface area contributed by atoms with Crippen LogP contribution >= 0.6 is 22.6 Å². The van der Waals surface area contributed by atoms with Crippen LogP contribution in [0, 0.1) is 3.57 Å². The first kappa shape index (κ1) is 24.7. The number of ether oxygens (including phenoxy) is 1. The van der Waals surface area contributed by atoms with Gasteiger partial charge < -0.3 is 20.5 Å². The van der Waals surface area contributed by atoms with E-state index in [1.165, 1.54) is 12.1 Å². The third-order valence-corrected chi connectivity index (χ3v) is 6.56. The Labute approximate surface area is 217 Å². The third kappa shape index (κ3) is 5.64. The minimum absolute atomic E-state index is 0.0729. The molecule has 0 saturated carbocycles. The molecule has 3 aromatic rings. The first-order valence-corrected chi connectivity index (χ1v) is 12.4. The van der Waals surface area contributed by atoms with Gasteiger partial charge in [-0.2, -0.15) is 0 Å². The summed E-state index contributed by atoms with van der Waals surface area (Å²) in [5.41, 5.74) is 4.92. The van der Waals surface area contributed by atoms with E-state index in [2.05, 4.69) is 22.8 Å². The number of carboxylic acid groups (broad SMARTS) is 1. The second kappa shape index (κ2) is 10.9. The molecule has 2 amide bonds. The van der Waals surface area contributed by atoms with Crippen LogP contribution in [0.4, 0.5) is 10.5 Å². The lowest BCUT2D eigenvalue weighted by Gasteiger charge is -2.19. The molecule has 8 heteroatoms. The largest absolute Gasteiger partial charge is 0.478 e. The first-order chi connectivity index (χ1) is 16.9. The van der Waals surface area contributed by atoms with Crippen LogP contribution in [0.25, 0.3) is 11.1 Å². The van der Waals surface area contributed by atoms with E-state index in [4.69, 9.17) is 4.74 Å². The molecule has 3 aromatic carbocycles. The normalized spacial score (nSPS) is 12.9. The number of hydrogen-bond donors (Lipinski definition) is 3. The highest BCUT2D eigenvalue weighted by atomic mass is 127. The van der Waals surface area contributed by atoms with Crippen LogP contribution in [0.5, 0.6) is 0 Å². The zero-order chi connectivity index (χ0) is 24.9. The molecule has 1 aliphatic carbocycles. The van der Waals surface area contributed by atoms with Crippen LogP contribution in [0.1, 0.15) is 47.2 Å². The van der Waals surface area contributed by atoms with E-state index in [1.54, 1.807) is 6.07 Å². The maximum atomic E-state index is 12.9. The number of nitrogens with one attached hydrogen (secondary N) is 2. The molecule has 0 radical (unpaired) electrons. The van der Waals surface area contributed by atoms with Gasteiger partial charge in [0.05, 0.1) is 5.56 Å². The van der Waals surface area contributed by atoms with Crippen LogP contribution < -0.4 is 10.6 Å². The smallest absolute Gasteiger partial charge is 0.407 e. The molecular formula is C27H25IN2O5. The average molecular weight is 584 g/mol. The summed E-state index contributed by atoms with van der Waals surface area (Å²) >= 11 is 1.99. The molecule has 0 aromatic heterocycles. The average Bonchev–Trinajstić information content (AvgIpc) is 3.16. The SMILES string of the molecule is CCC[C@@H](NC(=O)OCC1c2ccccc2-c2ccccc21)C(=O)Nc1cc(I)cc(C(=O)O)c1. The quantitative estimate of drug-likeness (QED) is 0.298. The Morgan fingerprint density at radius 1 is 1.00 bits per heavy atom. The number of amides is 2. The van der Waals surface area contributed by atoms with Crippen molar-refractivity contribution >= 4 is 46.2 Å². The summed E-state index contributed by atoms with van der Waals surface area (Å²) in [7, 11) is 0. The number of halogens is 1. The molecule has 180 valence electrons. The lowest BCUT2D eigenvalue weighted by Crippen LogP contribution is -2.44. The number of carbonyl (C=O) groups is 3. The number of rotatable bonds is 8. The van der Waals surface area contributed by atoms with Crippen LogP contribution in [0.15, 0.2) is 66.7 Å². The molecule has 3 N–H and O–H groups in total. The Balaban J connectivity index is 1.42. The van der Waals surface area contributed by atoms with Gasteiger partial charge in [0.1, 0.15) is 12.6 Å². The summed E-state index contributed by atoms with van der Waals surface area (Å²) in [6.45, 7) is 2.06. The Morgan fingerprint density at radius 3 is 2.23 bits per heavy atom. The molecule has 0 bridgehead atoms. The molecule has 0 aliphatic heterocycles. The molecule has 1 atom stereocenters. The summed E-state index contributed by atoms with van der Waals surface area (Å²) in [4.78, 5) is 36.9. The number of alkyl carbamates (subject to hydrolysis) is 1. The van der Waals surface area contributed by atoms with Crippen LogP contribution in [0.3, 0.4) is 0 Å².